The summed E-state index contributed by atoms with van der Waals surface area (Å²) in [6.45, 7) is 1.04. The van der Waals surface area contributed by atoms with Crippen LogP contribution in [0.3, 0.4) is 0 Å². The van der Waals surface area contributed by atoms with Gasteiger partial charge in [0.05, 0.1) is 24.1 Å². The van der Waals surface area contributed by atoms with Gasteiger partial charge in [0.25, 0.3) is 5.91 Å². The SMILES string of the molecule is COc1cc(C2c3c(oc4ccccc4c3=O)C(=O)N2CCN(C)C)ccc1O. The molecule has 3 aromatic rings. The molecule has 0 saturated carbocycles. The van der Waals surface area contributed by atoms with Crippen molar-refractivity contribution in [3.05, 3.63) is 69.6 Å². The van der Waals surface area contributed by atoms with Crippen LogP contribution in [-0.4, -0.2) is 55.1 Å². The van der Waals surface area contributed by atoms with E-state index in [4.69, 9.17) is 9.15 Å². The average Bonchev–Trinajstić information content (AvgIpc) is 2.99. The molecule has 1 aromatic heterocycles. The van der Waals surface area contributed by atoms with Gasteiger partial charge in [0.15, 0.2) is 16.9 Å². The molecule has 1 aliphatic heterocycles. The molecule has 0 radical (unpaired) electrons. The summed E-state index contributed by atoms with van der Waals surface area (Å²) in [6, 6.07) is 11.2. The number of aromatic hydroxyl groups is 1. The average molecular weight is 394 g/mol. The lowest BCUT2D eigenvalue weighted by Crippen LogP contribution is -2.35. The van der Waals surface area contributed by atoms with Crippen LogP contribution in [0.2, 0.25) is 0 Å². The van der Waals surface area contributed by atoms with Crippen molar-refractivity contribution in [2.45, 2.75) is 6.04 Å². The van der Waals surface area contributed by atoms with Crippen LogP contribution < -0.4 is 10.2 Å². The molecular weight excluding hydrogens is 372 g/mol. The fraction of sp³-hybridized carbons (Fsp3) is 0.273. The van der Waals surface area contributed by atoms with Crippen molar-refractivity contribution >= 4 is 16.9 Å². The first kappa shape index (κ1) is 19.0. The van der Waals surface area contributed by atoms with Gasteiger partial charge in [0.2, 0.25) is 5.76 Å². The number of carbonyl (C=O) groups is 1. The predicted molar refractivity (Wildman–Crippen MR) is 109 cm³/mol. The van der Waals surface area contributed by atoms with Crippen LogP contribution in [0.4, 0.5) is 0 Å². The number of benzene rings is 2. The lowest BCUT2D eigenvalue weighted by Gasteiger charge is -2.26. The minimum atomic E-state index is -0.618. The quantitative estimate of drug-likeness (QED) is 0.716. The number of methoxy groups -OCH3 is 1. The molecule has 1 unspecified atom stereocenters. The van der Waals surface area contributed by atoms with Crippen LogP contribution >= 0.6 is 0 Å². The van der Waals surface area contributed by atoms with Crippen LogP contribution in [0.15, 0.2) is 51.7 Å². The second-order valence-electron chi connectivity index (χ2n) is 7.31. The van der Waals surface area contributed by atoms with E-state index < -0.39 is 6.04 Å². The fourth-order valence-electron chi connectivity index (χ4n) is 3.72. The Hall–Kier alpha value is -3.32. The van der Waals surface area contributed by atoms with E-state index in [0.29, 0.717) is 35.2 Å². The first-order valence-corrected chi connectivity index (χ1v) is 9.30. The summed E-state index contributed by atoms with van der Waals surface area (Å²) in [4.78, 5) is 30.1. The van der Waals surface area contributed by atoms with E-state index in [9.17, 15) is 14.7 Å². The lowest BCUT2D eigenvalue weighted by atomic mass is 9.98. The number of ether oxygens (including phenoxy) is 1. The van der Waals surface area contributed by atoms with Gasteiger partial charge in [-0.1, -0.05) is 18.2 Å². The number of phenols is 1. The van der Waals surface area contributed by atoms with E-state index in [-0.39, 0.29) is 28.6 Å². The van der Waals surface area contributed by atoms with E-state index in [2.05, 4.69) is 0 Å². The molecule has 0 spiro atoms. The molecule has 1 amide bonds. The summed E-state index contributed by atoms with van der Waals surface area (Å²) < 4.78 is 11.1. The van der Waals surface area contributed by atoms with E-state index in [1.807, 2.05) is 19.0 Å². The Balaban J connectivity index is 1.94. The Morgan fingerprint density at radius 3 is 2.66 bits per heavy atom. The maximum absolute atomic E-state index is 13.3. The van der Waals surface area contributed by atoms with Gasteiger partial charge in [-0.2, -0.15) is 0 Å². The fourth-order valence-corrected chi connectivity index (χ4v) is 3.72. The number of nitrogens with zero attached hydrogens (tertiary/aromatic N) is 2. The second-order valence-corrected chi connectivity index (χ2v) is 7.31. The third kappa shape index (κ3) is 3.13. The number of fused-ring (bicyclic) bond motifs is 2. The topological polar surface area (TPSA) is 83.2 Å². The minimum Gasteiger partial charge on any atom is -0.504 e. The van der Waals surface area contributed by atoms with Gasteiger partial charge in [-0.3, -0.25) is 9.59 Å². The predicted octanol–water partition coefficient (Wildman–Crippen LogP) is 2.61. The molecule has 0 saturated heterocycles. The zero-order chi connectivity index (χ0) is 20.7. The van der Waals surface area contributed by atoms with Crippen LogP contribution in [-0.2, 0) is 0 Å². The molecule has 0 aliphatic carbocycles. The Bertz CT molecular complexity index is 1150. The Morgan fingerprint density at radius 1 is 1.17 bits per heavy atom. The van der Waals surface area contributed by atoms with Crippen molar-refractivity contribution in [3.63, 3.8) is 0 Å². The van der Waals surface area contributed by atoms with Crippen molar-refractivity contribution in [1.82, 2.24) is 9.80 Å². The minimum absolute atomic E-state index is 0.00816. The summed E-state index contributed by atoms with van der Waals surface area (Å²) in [5.41, 5.74) is 1.16. The summed E-state index contributed by atoms with van der Waals surface area (Å²) in [5, 5.41) is 10.4. The van der Waals surface area contributed by atoms with Crippen molar-refractivity contribution in [1.29, 1.82) is 0 Å². The number of para-hydroxylation sites is 1. The van der Waals surface area contributed by atoms with Crippen molar-refractivity contribution < 1.29 is 19.1 Å². The van der Waals surface area contributed by atoms with Crippen molar-refractivity contribution in [3.8, 4) is 11.5 Å². The number of phenolic OH excluding ortho intramolecular Hbond substituents is 1. The van der Waals surface area contributed by atoms with Gasteiger partial charge in [-0.05, 0) is 43.9 Å². The number of rotatable bonds is 5. The molecule has 29 heavy (non-hydrogen) atoms. The van der Waals surface area contributed by atoms with Gasteiger partial charge >= 0.3 is 0 Å². The van der Waals surface area contributed by atoms with Crippen LogP contribution in [0, 0.1) is 0 Å². The van der Waals surface area contributed by atoms with Gasteiger partial charge in [-0.25, -0.2) is 0 Å². The molecule has 2 heterocycles. The van der Waals surface area contributed by atoms with E-state index in [1.165, 1.54) is 13.2 Å². The smallest absolute Gasteiger partial charge is 0.290 e. The molecule has 1 N–H and O–H groups in total. The van der Waals surface area contributed by atoms with E-state index in [0.717, 1.165) is 0 Å². The number of amides is 1. The molecule has 4 rings (SSSR count). The normalized spacial score (nSPS) is 15.9. The summed E-state index contributed by atoms with van der Waals surface area (Å²) in [6.07, 6.45) is 0. The molecule has 150 valence electrons. The maximum Gasteiger partial charge on any atom is 0.290 e. The zero-order valence-electron chi connectivity index (χ0n) is 16.5. The molecule has 7 nitrogen and oxygen atoms in total. The highest BCUT2D eigenvalue weighted by Gasteiger charge is 2.42. The summed E-state index contributed by atoms with van der Waals surface area (Å²) in [7, 11) is 5.30. The van der Waals surface area contributed by atoms with E-state index in [1.54, 1.807) is 41.3 Å². The highest BCUT2D eigenvalue weighted by atomic mass is 16.5. The molecule has 0 fully saturated rings. The van der Waals surface area contributed by atoms with E-state index >= 15 is 0 Å². The van der Waals surface area contributed by atoms with Crippen LogP contribution in [0.25, 0.3) is 11.0 Å². The first-order valence-electron chi connectivity index (χ1n) is 9.30. The van der Waals surface area contributed by atoms with Crippen molar-refractivity contribution in [2.75, 3.05) is 34.3 Å². The molecular formula is C22H22N2O5. The first-order chi connectivity index (χ1) is 13.9. The lowest BCUT2D eigenvalue weighted by molar-refractivity contribution is 0.0716. The van der Waals surface area contributed by atoms with Gasteiger partial charge in [0.1, 0.15) is 5.58 Å². The van der Waals surface area contributed by atoms with Crippen LogP contribution in [0.5, 0.6) is 11.5 Å². The monoisotopic (exact) mass is 394 g/mol. The Labute approximate surface area is 167 Å². The molecule has 1 atom stereocenters. The highest BCUT2D eigenvalue weighted by Crippen LogP contribution is 2.40. The largest absolute Gasteiger partial charge is 0.504 e. The molecule has 7 heteroatoms. The molecule has 2 aromatic carbocycles. The highest BCUT2D eigenvalue weighted by molar-refractivity contribution is 5.99. The number of carbonyl (C=O) groups excluding carboxylic acids is 1. The van der Waals surface area contributed by atoms with Crippen LogP contribution in [0.1, 0.15) is 27.7 Å². The number of hydrogen-bond acceptors (Lipinski definition) is 6. The summed E-state index contributed by atoms with van der Waals surface area (Å²) >= 11 is 0. The maximum atomic E-state index is 13.3. The third-order valence-electron chi connectivity index (χ3n) is 5.18. The zero-order valence-corrected chi connectivity index (χ0v) is 16.5. The molecule has 0 bridgehead atoms. The second kappa shape index (κ2) is 7.25. The van der Waals surface area contributed by atoms with Crippen molar-refractivity contribution in [2.24, 2.45) is 0 Å². The number of likely N-dealkylation sites (N-methyl/N-ethyl adjacent to an activating group) is 1. The Morgan fingerprint density at radius 2 is 1.93 bits per heavy atom. The number of hydrogen-bond donors (Lipinski definition) is 1. The third-order valence-corrected chi connectivity index (χ3v) is 5.18. The Kier molecular flexibility index (Phi) is 4.76. The van der Waals surface area contributed by atoms with Gasteiger partial charge < -0.3 is 24.1 Å². The van der Waals surface area contributed by atoms with Gasteiger partial charge in [-0.15, -0.1) is 0 Å². The standard InChI is InChI=1S/C22H22N2O5/c1-23(2)10-11-24-19(13-8-9-15(25)17(12-13)28-3)18-20(26)14-6-4-5-7-16(14)29-21(18)22(24)27/h4-9,12,19,25H,10-11H2,1-3H3. The van der Waals surface area contributed by atoms with Gasteiger partial charge in [0, 0.05) is 13.1 Å². The summed E-state index contributed by atoms with van der Waals surface area (Å²) in [5.74, 6) is 0.0264. The molecule has 1 aliphatic rings.